The monoisotopic (exact) mass is 271 g/mol. The summed E-state index contributed by atoms with van der Waals surface area (Å²) in [5.74, 6) is -0.509. The standard InChI is InChI=1S/C17H18FNO/c1-12(17(19)14-5-3-2-4-6-14)16(20)11-13-7-9-15(18)10-8-13/h2-10,12,17H,11,19H2,1H3. The SMILES string of the molecule is CC(C(=O)Cc1ccc(F)cc1)C(N)c1ccccc1. The topological polar surface area (TPSA) is 43.1 Å². The predicted molar refractivity (Wildman–Crippen MR) is 77.6 cm³/mol. The van der Waals surface area contributed by atoms with E-state index in [1.54, 1.807) is 12.1 Å². The van der Waals surface area contributed by atoms with Gasteiger partial charge >= 0.3 is 0 Å². The average Bonchev–Trinajstić information content (AvgIpc) is 2.49. The Labute approximate surface area is 118 Å². The zero-order chi connectivity index (χ0) is 14.5. The molecule has 0 saturated carbocycles. The summed E-state index contributed by atoms with van der Waals surface area (Å²) in [6, 6.07) is 15.3. The van der Waals surface area contributed by atoms with Crippen molar-refractivity contribution in [1.82, 2.24) is 0 Å². The maximum atomic E-state index is 12.8. The molecular formula is C17H18FNO. The van der Waals surface area contributed by atoms with Crippen LogP contribution in [0.4, 0.5) is 4.39 Å². The summed E-state index contributed by atoms with van der Waals surface area (Å²) < 4.78 is 12.8. The van der Waals surface area contributed by atoms with Gasteiger partial charge in [0.15, 0.2) is 0 Å². The van der Waals surface area contributed by atoms with Crippen LogP contribution in [-0.2, 0) is 11.2 Å². The van der Waals surface area contributed by atoms with Crippen molar-refractivity contribution in [2.45, 2.75) is 19.4 Å². The van der Waals surface area contributed by atoms with E-state index in [9.17, 15) is 9.18 Å². The number of benzene rings is 2. The fraction of sp³-hybridized carbons (Fsp3) is 0.235. The van der Waals surface area contributed by atoms with Crippen LogP contribution in [0, 0.1) is 11.7 Å². The molecule has 3 heteroatoms. The van der Waals surface area contributed by atoms with Crippen molar-refractivity contribution in [1.29, 1.82) is 0 Å². The summed E-state index contributed by atoms with van der Waals surface area (Å²) in [6.45, 7) is 1.84. The molecule has 0 bridgehead atoms. The van der Waals surface area contributed by atoms with Crippen molar-refractivity contribution in [3.05, 3.63) is 71.5 Å². The molecule has 2 atom stereocenters. The third-order valence-corrected chi connectivity index (χ3v) is 3.52. The number of hydrogen-bond donors (Lipinski definition) is 1. The van der Waals surface area contributed by atoms with Crippen LogP contribution in [0.5, 0.6) is 0 Å². The van der Waals surface area contributed by atoms with Crippen molar-refractivity contribution in [2.75, 3.05) is 0 Å². The van der Waals surface area contributed by atoms with Gasteiger partial charge in [-0.15, -0.1) is 0 Å². The zero-order valence-electron chi connectivity index (χ0n) is 11.4. The number of rotatable bonds is 5. The van der Waals surface area contributed by atoms with Gasteiger partial charge in [-0.25, -0.2) is 4.39 Å². The lowest BCUT2D eigenvalue weighted by molar-refractivity contribution is -0.122. The predicted octanol–water partition coefficient (Wildman–Crippen LogP) is 3.27. The van der Waals surface area contributed by atoms with E-state index < -0.39 is 0 Å². The molecule has 0 aliphatic carbocycles. The Bertz CT molecular complexity index is 565. The van der Waals surface area contributed by atoms with Crippen LogP contribution in [0.3, 0.4) is 0 Å². The molecule has 0 heterocycles. The molecular weight excluding hydrogens is 253 g/mol. The van der Waals surface area contributed by atoms with E-state index in [-0.39, 0.29) is 30.0 Å². The molecule has 0 aliphatic rings. The van der Waals surface area contributed by atoms with Crippen molar-refractivity contribution in [2.24, 2.45) is 11.7 Å². The van der Waals surface area contributed by atoms with Gasteiger partial charge in [0, 0.05) is 18.4 Å². The smallest absolute Gasteiger partial charge is 0.141 e. The summed E-state index contributed by atoms with van der Waals surface area (Å²) >= 11 is 0. The first kappa shape index (κ1) is 14.4. The van der Waals surface area contributed by atoms with E-state index in [4.69, 9.17) is 5.73 Å². The van der Waals surface area contributed by atoms with Crippen LogP contribution < -0.4 is 5.73 Å². The van der Waals surface area contributed by atoms with Crippen molar-refractivity contribution in [3.63, 3.8) is 0 Å². The second kappa shape index (κ2) is 6.44. The fourth-order valence-electron chi connectivity index (χ4n) is 2.13. The molecule has 2 unspecified atom stereocenters. The lowest BCUT2D eigenvalue weighted by atomic mass is 9.89. The van der Waals surface area contributed by atoms with E-state index in [0.29, 0.717) is 0 Å². The molecule has 2 aromatic rings. The van der Waals surface area contributed by atoms with Gasteiger partial charge in [0.25, 0.3) is 0 Å². The van der Waals surface area contributed by atoms with Gasteiger partial charge in [-0.3, -0.25) is 4.79 Å². The van der Waals surface area contributed by atoms with E-state index in [1.165, 1.54) is 12.1 Å². The molecule has 20 heavy (non-hydrogen) atoms. The summed E-state index contributed by atoms with van der Waals surface area (Å²) in [6.07, 6.45) is 0.280. The summed E-state index contributed by atoms with van der Waals surface area (Å²) in [5.41, 5.74) is 7.90. The Morgan fingerprint density at radius 1 is 1.10 bits per heavy atom. The van der Waals surface area contributed by atoms with Gasteiger partial charge in [-0.2, -0.15) is 0 Å². The number of Topliss-reactive ketones (excluding diaryl/α,β-unsaturated/α-hetero) is 1. The van der Waals surface area contributed by atoms with Crippen LogP contribution in [-0.4, -0.2) is 5.78 Å². The highest BCUT2D eigenvalue weighted by Crippen LogP contribution is 2.21. The van der Waals surface area contributed by atoms with Crippen molar-refractivity contribution in [3.8, 4) is 0 Å². The van der Waals surface area contributed by atoms with Gasteiger partial charge in [-0.05, 0) is 23.3 Å². The molecule has 2 aromatic carbocycles. The van der Waals surface area contributed by atoms with Crippen molar-refractivity contribution >= 4 is 5.78 Å². The summed E-state index contributed by atoms with van der Waals surface area (Å²) in [7, 11) is 0. The molecule has 0 aliphatic heterocycles. The first-order chi connectivity index (χ1) is 9.58. The molecule has 0 fully saturated rings. The van der Waals surface area contributed by atoms with Crippen LogP contribution in [0.25, 0.3) is 0 Å². The number of ketones is 1. The number of carbonyl (C=O) groups is 1. The van der Waals surface area contributed by atoms with Gasteiger partial charge < -0.3 is 5.73 Å². The zero-order valence-corrected chi connectivity index (χ0v) is 11.4. The van der Waals surface area contributed by atoms with E-state index >= 15 is 0 Å². The lowest BCUT2D eigenvalue weighted by Crippen LogP contribution is -2.27. The Morgan fingerprint density at radius 3 is 2.30 bits per heavy atom. The highest BCUT2D eigenvalue weighted by atomic mass is 19.1. The molecule has 0 aromatic heterocycles. The third kappa shape index (κ3) is 3.52. The number of nitrogens with two attached hydrogens (primary N) is 1. The molecule has 2 N–H and O–H groups in total. The quantitative estimate of drug-likeness (QED) is 0.907. The fourth-order valence-corrected chi connectivity index (χ4v) is 2.13. The van der Waals surface area contributed by atoms with Gasteiger partial charge in [-0.1, -0.05) is 49.4 Å². The normalized spacial score (nSPS) is 13.8. The van der Waals surface area contributed by atoms with Gasteiger partial charge in [0.05, 0.1) is 0 Å². The highest BCUT2D eigenvalue weighted by molar-refractivity contribution is 5.83. The number of halogens is 1. The summed E-state index contributed by atoms with van der Waals surface area (Å²) in [5, 5.41) is 0. The van der Waals surface area contributed by atoms with Gasteiger partial charge in [0.1, 0.15) is 11.6 Å². The first-order valence-corrected chi connectivity index (χ1v) is 6.65. The first-order valence-electron chi connectivity index (χ1n) is 6.65. The Hall–Kier alpha value is -2.00. The molecule has 0 amide bonds. The maximum absolute atomic E-state index is 12.8. The van der Waals surface area contributed by atoms with Crippen LogP contribution >= 0.6 is 0 Å². The van der Waals surface area contributed by atoms with E-state index in [0.717, 1.165) is 11.1 Å². The van der Waals surface area contributed by atoms with Crippen LogP contribution in [0.2, 0.25) is 0 Å². The lowest BCUT2D eigenvalue weighted by Gasteiger charge is -2.19. The second-order valence-electron chi connectivity index (χ2n) is 4.99. The molecule has 0 saturated heterocycles. The number of hydrogen-bond acceptors (Lipinski definition) is 2. The Morgan fingerprint density at radius 2 is 1.70 bits per heavy atom. The molecule has 104 valence electrons. The Balaban J connectivity index is 2.03. The average molecular weight is 271 g/mol. The molecule has 2 nitrogen and oxygen atoms in total. The van der Waals surface area contributed by atoms with Crippen LogP contribution in [0.15, 0.2) is 54.6 Å². The Kier molecular flexibility index (Phi) is 4.64. The van der Waals surface area contributed by atoms with E-state index in [2.05, 4.69) is 0 Å². The van der Waals surface area contributed by atoms with Gasteiger partial charge in [0.2, 0.25) is 0 Å². The number of carbonyl (C=O) groups excluding carboxylic acids is 1. The maximum Gasteiger partial charge on any atom is 0.141 e. The minimum atomic E-state index is -0.316. The van der Waals surface area contributed by atoms with Crippen LogP contribution in [0.1, 0.15) is 24.1 Å². The largest absolute Gasteiger partial charge is 0.323 e. The third-order valence-electron chi connectivity index (χ3n) is 3.52. The minimum Gasteiger partial charge on any atom is -0.323 e. The molecule has 0 spiro atoms. The summed E-state index contributed by atoms with van der Waals surface area (Å²) in [4.78, 5) is 12.2. The van der Waals surface area contributed by atoms with E-state index in [1.807, 2.05) is 37.3 Å². The molecule has 2 rings (SSSR count). The molecule has 0 radical (unpaired) electrons. The van der Waals surface area contributed by atoms with Crippen molar-refractivity contribution < 1.29 is 9.18 Å². The second-order valence-corrected chi connectivity index (χ2v) is 4.99. The minimum absolute atomic E-state index is 0.0629. The highest BCUT2D eigenvalue weighted by Gasteiger charge is 2.21.